The average molecular weight is 180 g/mol. The van der Waals surface area contributed by atoms with E-state index < -0.39 is 0 Å². The molecular formula is C9H9FN2O. The number of nitrogens with zero attached hydrogens (tertiary/aromatic N) is 2. The summed E-state index contributed by atoms with van der Waals surface area (Å²) in [4.78, 5) is 0. The maximum atomic E-state index is 13.2. The van der Waals surface area contributed by atoms with Crippen LogP contribution in [0, 0.1) is 5.82 Å². The van der Waals surface area contributed by atoms with Gasteiger partial charge in [0.15, 0.2) is 11.6 Å². The number of halogens is 1. The van der Waals surface area contributed by atoms with Crippen LogP contribution >= 0.6 is 0 Å². The van der Waals surface area contributed by atoms with Crippen LogP contribution in [0.3, 0.4) is 0 Å². The highest BCUT2D eigenvalue weighted by atomic mass is 19.1. The molecule has 0 bridgehead atoms. The van der Waals surface area contributed by atoms with Gasteiger partial charge < -0.3 is 4.74 Å². The van der Waals surface area contributed by atoms with E-state index in [9.17, 15) is 4.39 Å². The number of hydrogen-bond acceptors (Lipinski definition) is 2. The van der Waals surface area contributed by atoms with E-state index in [1.807, 2.05) is 0 Å². The van der Waals surface area contributed by atoms with Gasteiger partial charge >= 0.3 is 0 Å². The number of aryl methyl sites for hydroxylation is 1. The normalized spacial score (nSPS) is 10.7. The van der Waals surface area contributed by atoms with Crippen molar-refractivity contribution in [3.63, 3.8) is 0 Å². The molecule has 0 fully saturated rings. The Morgan fingerprint density at radius 2 is 2.23 bits per heavy atom. The molecule has 0 N–H and O–H groups in total. The summed E-state index contributed by atoms with van der Waals surface area (Å²) in [7, 11) is 3.22. The second-order valence-electron chi connectivity index (χ2n) is 2.81. The third-order valence-corrected chi connectivity index (χ3v) is 2.02. The van der Waals surface area contributed by atoms with Crippen LogP contribution in [0.1, 0.15) is 0 Å². The zero-order valence-electron chi connectivity index (χ0n) is 7.41. The number of ether oxygens (including phenoxy) is 1. The lowest BCUT2D eigenvalue weighted by Gasteiger charge is -2.01. The van der Waals surface area contributed by atoms with E-state index in [-0.39, 0.29) is 11.6 Å². The molecule has 0 aliphatic carbocycles. The van der Waals surface area contributed by atoms with Gasteiger partial charge in [-0.05, 0) is 6.07 Å². The minimum absolute atomic E-state index is 0.250. The van der Waals surface area contributed by atoms with Gasteiger partial charge in [-0.25, -0.2) is 4.39 Å². The van der Waals surface area contributed by atoms with Crippen molar-refractivity contribution in [3.8, 4) is 5.75 Å². The fraction of sp³-hybridized carbons (Fsp3) is 0.222. The largest absolute Gasteiger partial charge is 0.494 e. The van der Waals surface area contributed by atoms with Crippen LogP contribution in [0.4, 0.5) is 4.39 Å². The minimum atomic E-state index is -0.362. The molecule has 0 saturated heterocycles. The highest BCUT2D eigenvalue weighted by Crippen LogP contribution is 2.23. The first-order valence-corrected chi connectivity index (χ1v) is 3.87. The Labute approximate surface area is 74.7 Å². The molecule has 0 amide bonds. The van der Waals surface area contributed by atoms with E-state index in [4.69, 9.17) is 4.74 Å². The van der Waals surface area contributed by atoms with Crippen LogP contribution in [0.25, 0.3) is 10.9 Å². The number of benzene rings is 1. The highest BCUT2D eigenvalue weighted by Gasteiger charge is 2.06. The molecule has 68 valence electrons. The lowest BCUT2D eigenvalue weighted by atomic mass is 10.2. The monoisotopic (exact) mass is 180 g/mol. The second-order valence-corrected chi connectivity index (χ2v) is 2.81. The summed E-state index contributed by atoms with van der Waals surface area (Å²) in [5.74, 6) is -0.112. The third-order valence-electron chi connectivity index (χ3n) is 2.02. The third kappa shape index (κ3) is 1.14. The SMILES string of the molecule is COc1cc2cnn(C)c2cc1F. The molecule has 2 rings (SSSR count). The van der Waals surface area contributed by atoms with Crippen LogP contribution < -0.4 is 4.74 Å². The maximum absolute atomic E-state index is 13.2. The molecule has 0 unspecified atom stereocenters. The van der Waals surface area contributed by atoms with Gasteiger partial charge in [0.1, 0.15) is 0 Å². The zero-order chi connectivity index (χ0) is 9.42. The lowest BCUT2D eigenvalue weighted by molar-refractivity contribution is 0.387. The van der Waals surface area contributed by atoms with E-state index in [0.717, 1.165) is 10.9 Å². The number of fused-ring (bicyclic) bond motifs is 1. The molecule has 0 atom stereocenters. The van der Waals surface area contributed by atoms with Crippen molar-refractivity contribution in [1.82, 2.24) is 9.78 Å². The van der Waals surface area contributed by atoms with Crippen molar-refractivity contribution in [3.05, 3.63) is 24.1 Å². The molecule has 0 spiro atoms. The Hall–Kier alpha value is -1.58. The van der Waals surface area contributed by atoms with Crippen molar-refractivity contribution < 1.29 is 9.13 Å². The van der Waals surface area contributed by atoms with Crippen molar-refractivity contribution in [2.75, 3.05) is 7.11 Å². The van der Waals surface area contributed by atoms with Crippen molar-refractivity contribution in [2.24, 2.45) is 7.05 Å². The molecule has 3 nitrogen and oxygen atoms in total. The van der Waals surface area contributed by atoms with Gasteiger partial charge in [-0.3, -0.25) is 4.68 Å². The Morgan fingerprint density at radius 3 is 2.92 bits per heavy atom. The molecule has 0 saturated carbocycles. The van der Waals surface area contributed by atoms with E-state index in [1.165, 1.54) is 13.2 Å². The van der Waals surface area contributed by atoms with Gasteiger partial charge in [-0.15, -0.1) is 0 Å². The van der Waals surface area contributed by atoms with Gasteiger partial charge in [0.2, 0.25) is 0 Å². The second kappa shape index (κ2) is 2.73. The quantitative estimate of drug-likeness (QED) is 0.668. The topological polar surface area (TPSA) is 27.1 Å². The fourth-order valence-electron chi connectivity index (χ4n) is 1.31. The molecule has 4 heteroatoms. The minimum Gasteiger partial charge on any atom is -0.494 e. The molecule has 13 heavy (non-hydrogen) atoms. The van der Waals surface area contributed by atoms with E-state index in [0.29, 0.717) is 0 Å². The predicted octanol–water partition coefficient (Wildman–Crippen LogP) is 1.72. The summed E-state index contributed by atoms with van der Waals surface area (Å²) >= 11 is 0. The maximum Gasteiger partial charge on any atom is 0.167 e. The Balaban J connectivity index is 2.76. The molecule has 0 radical (unpaired) electrons. The smallest absolute Gasteiger partial charge is 0.167 e. The lowest BCUT2D eigenvalue weighted by Crippen LogP contribution is -1.91. The molecule has 1 heterocycles. The van der Waals surface area contributed by atoms with E-state index in [2.05, 4.69) is 5.10 Å². The zero-order valence-corrected chi connectivity index (χ0v) is 7.41. The summed E-state index contributed by atoms with van der Waals surface area (Å²) in [6, 6.07) is 3.05. The van der Waals surface area contributed by atoms with Crippen LogP contribution in [-0.2, 0) is 7.05 Å². The van der Waals surface area contributed by atoms with Gasteiger partial charge in [-0.2, -0.15) is 5.10 Å². The fourth-order valence-corrected chi connectivity index (χ4v) is 1.31. The molecule has 1 aromatic carbocycles. The Morgan fingerprint density at radius 1 is 1.46 bits per heavy atom. The summed E-state index contributed by atoms with van der Waals surface area (Å²) in [6.45, 7) is 0. The highest BCUT2D eigenvalue weighted by molar-refractivity contribution is 5.80. The number of hydrogen-bond donors (Lipinski definition) is 0. The number of rotatable bonds is 1. The average Bonchev–Trinajstić information content (AvgIpc) is 2.47. The molecule has 0 aliphatic heterocycles. The van der Waals surface area contributed by atoms with Crippen molar-refractivity contribution in [2.45, 2.75) is 0 Å². The van der Waals surface area contributed by atoms with Crippen LogP contribution in [0.2, 0.25) is 0 Å². The first-order chi connectivity index (χ1) is 6.22. The van der Waals surface area contributed by atoms with Gasteiger partial charge in [0.05, 0.1) is 18.8 Å². The molecule has 0 aliphatic rings. The van der Waals surface area contributed by atoms with Crippen LogP contribution in [0.15, 0.2) is 18.3 Å². The number of methoxy groups -OCH3 is 1. The Kier molecular flexibility index (Phi) is 1.69. The summed E-state index contributed by atoms with van der Waals surface area (Å²) < 4.78 is 19.7. The standard InChI is InChI=1S/C9H9FN2O/c1-12-8-4-7(10)9(13-2)3-6(8)5-11-12/h3-5H,1-2H3. The van der Waals surface area contributed by atoms with Gasteiger partial charge in [-0.1, -0.05) is 0 Å². The first-order valence-electron chi connectivity index (χ1n) is 3.87. The summed E-state index contributed by atoms with van der Waals surface area (Å²) in [5.41, 5.74) is 0.762. The Bertz CT molecular complexity index is 450. The van der Waals surface area contributed by atoms with Crippen molar-refractivity contribution in [1.29, 1.82) is 0 Å². The molecule has 2 aromatic rings. The van der Waals surface area contributed by atoms with Crippen molar-refractivity contribution >= 4 is 10.9 Å². The van der Waals surface area contributed by atoms with Gasteiger partial charge in [0, 0.05) is 18.5 Å². The molecule has 1 aromatic heterocycles. The van der Waals surface area contributed by atoms with Crippen LogP contribution in [-0.4, -0.2) is 16.9 Å². The van der Waals surface area contributed by atoms with Gasteiger partial charge in [0.25, 0.3) is 0 Å². The van der Waals surface area contributed by atoms with E-state index >= 15 is 0 Å². The van der Waals surface area contributed by atoms with E-state index in [1.54, 1.807) is 24.0 Å². The molecular weight excluding hydrogens is 171 g/mol. The predicted molar refractivity (Wildman–Crippen MR) is 47.2 cm³/mol. The van der Waals surface area contributed by atoms with Crippen LogP contribution in [0.5, 0.6) is 5.75 Å². The summed E-state index contributed by atoms with van der Waals surface area (Å²) in [5, 5.41) is 4.88. The number of aromatic nitrogens is 2. The first kappa shape index (κ1) is 8.04. The summed E-state index contributed by atoms with van der Waals surface area (Å²) in [6.07, 6.45) is 1.68.